The molecule has 0 radical (unpaired) electrons. The predicted molar refractivity (Wildman–Crippen MR) is 126 cm³/mol. The molecule has 0 bridgehead atoms. The number of ether oxygens (including phenoxy) is 2. The van der Waals surface area contributed by atoms with E-state index in [0.29, 0.717) is 21.9 Å². The lowest BCUT2D eigenvalue weighted by Crippen LogP contribution is -2.40. The van der Waals surface area contributed by atoms with Crippen LogP contribution in [0.25, 0.3) is 22.1 Å². The maximum atomic E-state index is 12.1. The first-order chi connectivity index (χ1) is 17.2. The van der Waals surface area contributed by atoms with E-state index < -0.39 is 38.0 Å². The summed E-state index contributed by atoms with van der Waals surface area (Å²) in [5.74, 6) is 0.171. The summed E-state index contributed by atoms with van der Waals surface area (Å²) < 4.78 is 41.2. The molecule has 15 heteroatoms. The SMILES string of the molecule is CO[C@@H]1[C@@H]2OP(=O)(O)OC[C@H]2O[C@H]1n1c(Sc2ccc3c(C)cc(=O)oc3c2)nc2c(N)ncnc21. The fraction of sp³-hybridized carbons (Fsp3) is 0.333. The molecule has 0 aliphatic carbocycles. The van der Waals surface area contributed by atoms with E-state index in [0.717, 1.165) is 15.8 Å². The molecule has 5 heterocycles. The zero-order chi connectivity index (χ0) is 25.2. The minimum absolute atomic E-state index is 0.149. The van der Waals surface area contributed by atoms with Gasteiger partial charge in [-0.25, -0.2) is 24.3 Å². The van der Waals surface area contributed by atoms with Gasteiger partial charge in [0.15, 0.2) is 28.4 Å². The van der Waals surface area contributed by atoms with Crippen LogP contribution in [0.4, 0.5) is 5.82 Å². The van der Waals surface area contributed by atoms with Gasteiger partial charge in [-0.15, -0.1) is 0 Å². The molecule has 6 rings (SSSR count). The molecule has 2 fully saturated rings. The maximum Gasteiger partial charge on any atom is 0.472 e. The van der Waals surface area contributed by atoms with Crippen LogP contribution >= 0.6 is 19.6 Å². The monoisotopic (exact) mass is 533 g/mol. The van der Waals surface area contributed by atoms with Gasteiger partial charge < -0.3 is 24.5 Å². The number of imidazole rings is 1. The second-order valence-corrected chi connectivity index (χ2v) is 10.8. The van der Waals surface area contributed by atoms with Gasteiger partial charge in [0.2, 0.25) is 0 Å². The Balaban J connectivity index is 1.46. The molecule has 3 aromatic heterocycles. The number of nitrogens with two attached hydrogens (primary N) is 1. The highest BCUT2D eigenvalue weighted by Gasteiger charge is 2.54. The van der Waals surface area contributed by atoms with Crippen molar-refractivity contribution in [1.29, 1.82) is 0 Å². The molecular formula is C21H20N5O8PS. The third-order valence-electron chi connectivity index (χ3n) is 6.07. The highest BCUT2D eigenvalue weighted by molar-refractivity contribution is 7.99. The van der Waals surface area contributed by atoms with Crippen LogP contribution in [0.3, 0.4) is 0 Å². The molecule has 0 saturated carbocycles. The lowest BCUT2D eigenvalue weighted by molar-refractivity contribution is -0.0690. The van der Waals surface area contributed by atoms with Gasteiger partial charge in [-0.2, -0.15) is 0 Å². The normalized spacial score (nSPS) is 28.1. The Hall–Kier alpha value is -2.84. The Labute approximate surface area is 207 Å². The zero-order valence-electron chi connectivity index (χ0n) is 18.9. The second kappa shape index (κ2) is 8.63. The molecule has 188 valence electrons. The lowest BCUT2D eigenvalue weighted by Gasteiger charge is -2.29. The summed E-state index contributed by atoms with van der Waals surface area (Å²) >= 11 is 1.26. The number of rotatable bonds is 4. The van der Waals surface area contributed by atoms with Crippen molar-refractivity contribution in [3.8, 4) is 0 Å². The average molecular weight is 533 g/mol. The number of hydrogen-bond acceptors (Lipinski definition) is 12. The molecule has 3 N–H and O–H groups in total. The third-order valence-corrected chi connectivity index (χ3v) is 8.02. The lowest BCUT2D eigenvalue weighted by atomic mass is 10.1. The van der Waals surface area contributed by atoms with Crippen LogP contribution in [-0.4, -0.2) is 56.4 Å². The van der Waals surface area contributed by atoms with Gasteiger partial charge in [0.25, 0.3) is 0 Å². The van der Waals surface area contributed by atoms with E-state index in [-0.39, 0.29) is 12.4 Å². The van der Waals surface area contributed by atoms with Crippen LogP contribution in [0.2, 0.25) is 0 Å². The number of methoxy groups -OCH3 is 1. The largest absolute Gasteiger partial charge is 0.472 e. The number of hydrogen-bond donors (Lipinski definition) is 2. The summed E-state index contributed by atoms with van der Waals surface area (Å²) in [4.78, 5) is 35.5. The average Bonchev–Trinajstić information content (AvgIpc) is 3.35. The molecule has 1 unspecified atom stereocenters. The number of aromatic nitrogens is 4. The third kappa shape index (κ3) is 3.91. The Morgan fingerprint density at radius 2 is 2.14 bits per heavy atom. The topological polar surface area (TPSA) is 174 Å². The van der Waals surface area contributed by atoms with Gasteiger partial charge in [-0.3, -0.25) is 13.6 Å². The van der Waals surface area contributed by atoms with Crippen molar-refractivity contribution in [3.63, 3.8) is 0 Å². The van der Waals surface area contributed by atoms with Gasteiger partial charge in [0.1, 0.15) is 30.2 Å². The Kier molecular flexibility index (Phi) is 5.64. The van der Waals surface area contributed by atoms with Crippen LogP contribution < -0.4 is 11.4 Å². The Bertz CT molecular complexity index is 1610. The van der Waals surface area contributed by atoms with Crippen LogP contribution in [0.15, 0.2) is 49.9 Å². The van der Waals surface area contributed by atoms with E-state index in [9.17, 15) is 14.3 Å². The highest BCUT2D eigenvalue weighted by atomic mass is 32.2. The van der Waals surface area contributed by atoms with E-state index in [1.54, 1.807) is 10.6 Å². The molecule has 36 heavy (non-hydrogen) atoms. The predicted octanol–water partition coefficient (Wildman–Crippen LogP) is 2.40. The number of anilines is 1. The summed E-state index contributed by atoms with van der Waals surface area (Å²) in [5, 5.41) is 1.25. The summed E-state index contributed by atoms with van der Waals surface area (Å²) in [7, 11) is -2.78. The highest BCUT2D eigenvalue weighted by Crippen LogP contribution is 2.53. The number of fused-ring (bicyclic) bond motifs is 3. The van der Waals surface area contributed by atoms with Gasteiger partial charge in [0, 0.05) is 23.5 Å². The van der Waals surface area contributed by atoms with E-state index in [2.05, 4.69) is 15.0 Å². The number of nitrogen functional groups attached to an aromatic ring is 1. The first kappa shape index (κ1) is 23.6. The zero-order valence-corrected chi connectivity index (χ0v) is 20.6. The summed E-state index contributed by atoms with van der Waals surface area (Å²) in [6.45, 7) is 1.69. The minimum Gasteiger partial charge on any atom is -0.423 e. The molecule has 4 aromatic rings. The maximum absolute atomic E-state index is 12.1. The van der Waals surface area contributed by atoms with E-state index >= 15 is 0 Å². The Morgan fingerprint density at radius 3 is 2.94 bits per heavy atom. The molecule has 13 nitrogen and oxygen atoms in total. The number of phosphoric ester groups is 1. The fourth-order valence-electron chi connectivity index (χ4n) is 4.46. The minimum atomic E-state index is -4.24. The molecule has 5 atom stereocenters. The van der Waals surface area contributed by atoms with Crippen molar-refractivity contribution < 1.29 is 32.4 Å². The van der Waals surface area contributed by atoms with Crippen LogP contribution in [0.1, 0.15) is 11.8 Å². The number of aryl methyl sites for hydroxylation is 1. The van der Waals surface area contributed by atoms with Gasteiger partial charge in [-0.05, 0) is 30.7 Å². The van der Waals surface area contributed by atoms with Crippen molar-refractivity contribution in [2.24, 2.45) is 0 Å². The van der Waals surface area contributed by atoms with Crippen molar-refractivity contribution in [2.75, 3.05) is 19.5 Å². The van der Waals surface area contributed by atoms with Gasteiger partial charge in [-0.1, -0.05) is 11.8 Å². The number of benzene rings is 1. The summed E-state index contributed by atoms with van der Waals surface area (Å²) in [5.41, 5.74) is 7.62. The van der Waals surface area contributed by atoms with E-state index in [1.807, 2.05) is 19.1 Å². The molecule has 0 spiro atoms. The fourth-order valence-corrected chi connectivity index (χ4v) is 6.36. The molecule has 2 aliphatic rings. The molecule has 1 aromatic carbocycles. The standard InChI is InChI=1S/C21H20N5O8PS/c1-9-5-14(27)32-12-6-10(3-4-11(9)12)36-21-25-15-18(22)23-8-24-19(15)26(21)20-17(30-2)16-13(33-20)7-31-35(28,29)34-16/h3-6,8,13,16-17,20H,7H2,1-2H3,(H,28,29)(H2,22,23,24)/t13-,16-,17-,20-/m1/s1. The summed E-state index contributed by atoms with van der Waals surface area (Å²) in [6, 6.07) is 6.92. The van der Waals surface area contributed by atoms with Gasteiger partial charge >= 0.3 is 13.4 Å². The number of phosphoric acid groups is 1. The summed E-state index contributed by atoms with van der Waals surface area (Å²) in [6.07, 6.45) is -1.85. The van der Waals surface area contributed by atoms with Crippen molar-refractivity contribution >= 4 is 47.5 Å². The Morgan fingerprint density at radius 1 is 1.31 bits per heavy atom. The second-order valence-electron chi connectivity index (χ2n) is 8.30. The van der Waals surface area contributed by atoms with Crippen molar-refractivity contribution in [1.82, 2.24) is 19.5 Å². The first-order valence-electron chi connectivity index (χ1n) is 10.8. The van der Waals surface area contributed by atoms with Gasteiger partial charge in [0.05, 0.1) is 6.61 Å². The first-order valence-corrected chi connectivity index (χ1v) is 13.1. The van der Waals surface area contributed by atoms with Crippen molar-refractivity contribution in [2.45, 2.75) is 41.5 Å². The van der Waals surface area contributed by atoms with Crippen molar-refractivity contribution in [3.05, 3.63) is 46.6 Å². The van der Waals surface area contributed by atoms with E-state index in [1.165, 1.54) is 31.3 Å². The quantitative estimate of drug-likeness (QED) is 0.289. The molecule has 2 aliphatic heterocycles. The molecule has 2 saturated heterocycles. The smallest absolute Gasteiger partial charge is 0.423 e. The van der Waals surface area contributed by atoms with E-state index in [4.69, 9.17) is 28.7 Å². The molecular weight excluding hydrogens is 513 g/mol. The van der Waals surface area contributed by atoms with Crippen LogP contribution in [0.5, 0.6) is 0 Å². The number of nitrogens with zero attached hydrogens (tertiary/aromatic N) is 4. The van der Waals surface area contributed by atoms with Crippen LogP contribution in [-0.2, 0) is 23.1 Å². The molecule has 0 amide bonds. The van der Waals surface area contributed by atoms with Crippen LogP contribution in [0, 0.1) is 6.92 Å².